The van der Waals surface area contributed by atoms with Crippen molar-refractivity contribution >= 4 is 17.7 Å². The Balaban J connectivity index is 2.88. The summed E-state index contributed by atoms with van der Waals surface area (Å²) in [6.45, 7) is 2.06. The molecule has 7 nitrogen and oxygen atoms in total. The molecule has 27 heavy (non-hydrogen) atoms. The molecule has 0 heterocycles. The number of hydroxylamine groups is 1. The van der Waals surface area contributed by atoms with Crippen molar-refractivity contribution in [3.63, 3.8) is 0 Å². The van der Waals surface area contributed by atoms with E-state index in [0.717, 1.165) is 24.8 Å². The van der Waals surface area contributed by atoms with Gasteiger partial charge in [0.15, 0.2) is 0 Å². The molecule has 150 valence electrons. The molecular formula is C20H31N3O4. The molecule has 1 rings (SSSR count). The third-order valence-electron chi connectivity index (χ3n) is 4.42. The van der Waals surface area contributed by atoms with Gasteiger partial charge in [0.2, 0.25) is 17.7 Å². The fourth-order valence-electron chi connectivity index (χ4n) is 2.89. The number of carbonyl (C=O) groups excluding carboxylic acids is 3. The Labute approximate surface area is 161 Å². The molecule has 1 unspecified atom stereocenters. The highest BCUT2D eigenvalue weighted by Gasteiger charge is 2.28. The Kier molecular flexibility index (Phi) is 10.1. The predicted octanol–water partition coefficient (Wildman–Crippen LogP) is 1.89. The molecule has 0 saturated heterocycles. The molecule has 0 saturated carbocycles. The van der Waals surface area contributed by atoms with E-state index in [1.54, 1.807) is 19.6 Å². The lowest BCUT2D eigenvalue weighted by atomic mass is 9.95. The molecule has 0 aromatic heterocycles. The number of amides is 3. The van der Waals surface area contributed by atoms with Crippen molar-refractivity contribution in [1.29, 1.82) is 0 Å². The van der Waals surface area contributed by atoms with Gasteiger partial charge in [-0.05, 0) is 12.0 Å². The Morgan fingerprint density at radius 3 is 2.33 bits per heavy atom. The van der Waals surface area contributed by atoms with Gasteiger partial charge in [0.25, 0.3) is 0 Å². The number of hydrogen-bond donors (Lipinski definition) is 3. The first-order chi connectivity index (χ1) is 12.9. The lowest BCUT2D eigenvalue weighted by molar-refractivity contribution is -0.138. The fraction of sp³-hybridized carbons (Fsp3) is 0.550. The Morgan fingerprint density at radius 2 is 1.78 bits per heavy atom. The monoisotopic (exact) mass is 377 g/mol. The van der Waals surface area contributed by atoms with Crippen molar-refractivity contribution in [3.05, 3.63) is 35.9 Å². The van der Waals surface area contributed by atoms with Gasteiger partial charge < -0.3 is 10.2 Å². The number of likely N-dealkylation sites (N-methyl/N-ethyl adjacent to an activating group) is 1. The Morgan fingerprint density at radius 1 is 1.11 bits per heavy atom. The van der Waals surface area contributed by atoms with Crippen LogP contribution in [0.2, 0.25) is 0 Å². The van der Waals surface area contributed by atoms with Crippen molar-refractivity contribution in [2.75, 3.05) is 14.1 Å². The zero-order valence-corrected chi connectivity index (χ0v) is 16.4. The van der Waals surface area contributed by atoms with Crippen LogP contribution in [0.4, 0.5) is 0 Å². The van der Waals surface area contributed by atoms with Crippen molar-refractivity contribution < 1.29 is 19.6 Å². The average molecular weight is 377 g/mol. The second kappa shape index (κ2) is 12.1. The largest absolute Gasteiger partial charge is 0.347 e. The van der Waals surface area contributed by atoms with E-state index in [1.165, 1.54) is 4.90 Å². The van der Waals surface area contributed by atoms with Crippen LogP contribution in [0, 0.1) is 5.92 Å². The van der Waals surface area contributed by atoms with Gasteiger partial charge in [-0.3, -0.25) is 19.6 Å². The minimum atomic E-state index is -0.708. The third kappa shape index (κ3) is 8.21. The topological polar surface area (TPSA) is 98.7 Å². The highest BCUT2D eigenvalue weighted by molar-refractivity contribution is 5.90. The Bertz CT molecular complexity index is 605. The van der Waals surface area contributed by atoms with Gasteiger partial charge in [-0.25, -0.2) is 5.48 Å². The van der Waals surface area contributed by atoms with Gasteiger partial charge in [-0.15, -0.1) is 0 Å². The van der Waals surface area contributed by atoms with E-state index in [0.29, 0.717) is 12.8 Å². The van der Waals surface area contributed by atoms with E-state index < -0.39 is 17.9 Å². The SMILES string of the molecule is CCCCCC(CC(=O)NO)C(=O)N[C@H](Cc1ccccc1)C(=O)N(C)C. The molecule has 7 heteroatoms. The van der Waals surface area contributed by atoms with Gasteiger partial charge in [0, 0.05) is 32.9 Å². The molecule has 0 aliphatic rings. The number of carbonyl (C=O) groups is 3. The van der Waals surface area contributed by atoms with Crippen LogP contribution in [-0.2, 0) is 20.8 Å². The van der Waals surface area contributed by atoms with Gasteiger partial charge >= 0.3 is 0 Å². The van der Waals surface area contributed by atoms with E-state index in [2.05, 4.69) is 12.2 Å². The maximum absolute atomic E-state index is 12.8. The summed E-state index contributed by atoms with van der Waals surface area (Å²) in [5, 5.41) is 11.6. The molecule has 1 aromatic rings. The zero-order valence-electron chi connectivity index (χ0n) is 16.4. The number of rotatable bonds is 11. The van der Waals surface area contributed by atoms with Gasteiger partial charge in [0.05, 0.1) is 0 Å². The summed E-state index contributed by atoms with van der Waals surface area (Å²) in [7, 11) is 3.29. The van der Waals surface area contributed by atoms with Crippen LogP contribution in [0.1, 0.15) is 44.6 Å². The highest BCUT2D eigenvalue weighted by Crippen LogP contribution is 2.15. The van der Waals surface area contributed by atoms with Crippen LogP contribution in [0.15, 0.2) is 30.3 Å². The number of nitrogens with one attached hydrogen (secondary N) is 2. The van der Waals surface area contributed by atoms with E-state index in [1.807, 2.05) is 30.3 Å². The van der Waals surface area contributed by atoms with Crippen LogP contribution in [0.25, 0.3) is 0 Å². The molecule has 0 fully saturated rings. The van der Waals surface area contributed by atoms with Crippen LogP contribution in [0.3, 0.4) is 0 Å². The molecule has 0 radical (unpaired) electrons. The smallest absolute Gasteiger partial charge is 0.244 e. The first kappa shape index (κ1) is 22.6. The van der Waals surface area contributed by atoms with Crippen LogP contribution in [-0.4, -0.2) is 48.0 Å². The second-order valence-corrected chi connectivity index (χ2v) is 6.92. The molecule has 1 aromatic carbocycles. The van der Waals surface area contributed by atoms with Crippen molar-refractivity contribution in [1.82, 2.24) is 15.7 Å². The normalized spacial score (nSPS) is 12.7. The van der Waals surface area contributed by atoms with E-state index >= 15 is 0 Å². The zero-order chi connectivity index (χ0) is 20.2. The average Bonchev–Trinajstić information content (AvgIpc) is 2.66. The van der Waals surface area contributed by atoms with Crippen LogP contribution in [0.5, 0.6) is 0 Å². The fourth-order valence-corrected chi connectivity index (χ4v) is 2.89. The highest BCUT2D eigenvalue weighted by atomic mass is 16.5. The van der Waals surface area contributed by atoms with Crippen molar-refractivity contribution in [2.24, 2.45) is 5.92 Å². The Hall–Kier alpha value is -2.41. The molecule has 3 N–H and O–H groups in total. The standard InChI is InChI=1S/C20H31N3O4/c1-4-5-7-12-16(14-18(24)22-27)19(25)21-17(20(26)23(2)3)13-15-10-8-6-9-11-15/h6,8-11,16-17,27H,4-5,7,12-14H2,1-3H3,(H,21,25)(H,22,24)/t16?,17-/m1/s1. The number of hydrogen-bond acceptors (Lipinski definition) is 4. The van der Waals surface area contributed by atoms with Gasteiger partial charge in [-0.2, -0.15) is 0 Å². The summed E-state index contributed by atoms with van der Waals surface area (Å²) in [4.78, 5) is 38.3. The van der Waals surface area contributed by atoms with Crippen molar-refractivity contribution in [2.45, 2.75) is 51.5 Å². The van der Waals surface area contributed by atoms with Crippen LogP contribution >= 0.6 is 0 Å². The summed E-state index contributed by atoms with van der Waals surface area (Å²) < 4.78 is 0. The molecular weight excluding hydrogens is 346 g/mol. The van der Waals surface area contributed by atoms with E-state index in [4.69, 9.17) is 5.21 Å². The maximum Gasteiger partial charge on any atom is 0.244 e. The molecule has 2 atom stereocenters. The molecule has 0 spiro atoms. The molecule has 3 amide bonds. The number of nitrogens with zero attached hydrogens (tertiary/aromatic N) is 1. The molecule has 0 aliphatic carbocycles. The first-order valence-electron chi connectivity index (χ1n) is 9.37. The van der Waals surface area contributed by atoms with Crippen molar-refractivity contribution in [3.8, 4) is 0 Å². The second-order valence-electron chi connectivity index (χ2n) is 6.92. The third-order valence-corrected chi connectivity index (χ3v) is 4.42. The summed E-state index contributed by atoms with van der Waals surface area (Å²) in [5.74, 6) is -1.74. The lowest BCUT2D eigenvalue weighted by Crippen LogP contribution is -2.49. The summed E-state index contributed by atoms with van der Waals surface area (Å²) in [5.41, 5.74) is 2.52. The summed E-state index contributed by atoms with van der Waals surface area (Å²) >= 11 is 0. The van der Waals surface area contributed by atoms with Gasteiger partial charge in [-0.1, -0.05) is 56.5 Å². The predicted molar refractivity (Wildman–Crippen MR) is 103 cm³/mol. The minimum absolute atomic E-state index is 0.111. The molecule has 0 aliphatic heterocycles. The van der Waals surface area contributed by atoms with E-state index in [9.17, 15) is 14.4 Å². The number of benzene rings is 1. The van der Waals surface area contributed by atoms with E-state index in [-0.39, 0.29) is 18.2 Å². The number of unbranched alkanes of at least 4 members (excludes halogenated alkanes) is 2. The minimum Gasteiger partial charge on any atom is -0.347 e. The maximum atomic E-state index is 12.8. The summed E-state index contributed by atoms with van der Waals surface area (Å²) in [6.07, 6.45) is 3.54. The van der Waals surface area contributed by atoms with Gasteiger partial charge in [0.1, 0.15) is 6.04 Å². The quantitative estimate of drug-likeness (QED) is 0.312. The van der Waals surface area contributed by atoms with Crippen LogP contribution < -0.4 is 10.8 Å². The molecule has 0 bridgehead atoms. The summed E-state index contributed by atoms with van der Waals surface area (Å²) in [6, 6.07) is 8.75. The first-order valence-corrected chi connectivity index (χ1v) is 9.37. The lowest BCUT2D eigenvalue weighted by Gasteiger charge is -2.24.